The quantitative estimate of drug-likeness (QED) is 0.922. The fourth-order valence-corrected chi connectivity index (χ4v) is 3.10. The number of carbonyl (C=O) groups excluding carboxylic acids is 1. The average Bonchev–Trinajstić information content (AvgIpc) is 2.93. The second-order valence-electron chi connectivity index (χ2n) is 5.82. The molecule has 1 N–H and O–H groups in total. The van der Waals surface area contributed by atoms with E-state index in [1.165, 1.54) is 0 Å². The van der Waals surface area contributed by atoms with E-state index >= 15 is 0 Å². The Hall–Kier alpha value is -1.78. The summed E-state index contributed by atoms with van der Waals surface area (Å²) in [6.07, 6.45) is 0.546. The molecule has 5 heteroatoms. The van der Waals surface area contributed by atoms with Crippen molar-refractivity contribution in [3.8, 4) is 0 Å². The van der Waals surface area contributed by atoms with E-state index in [0.29, 0.717) is 31.1 Å². The standard InChI is InChI=1S/C15H22N2O3/c1-9(2)17-10(3)7-13(11(17)4)14(18)16-6-5-12(8-16)15(19)20/h7,9,12H,5-6,8H2,1-4H3,(H,19,20). The van der Waals surface area contributed by atoms with Gasteiger partial charge in [0.1, 0.15) is 0 Å². The summed E-state index contributed by atoms with van der Waals surface area (Å²) in [5.41, 5.74) is 2.72. The van der Waals surface area contributed by atoms with E-state index in [0.717, 1.165) is 11.4 Å². The van der Waals surface area contributed by atoms with Crippen LogP contribution in [-0.2, 0) is 4.79 Å². The minimum absolute atomic E-state index is 0.0475. The molecule has 0 saturated carbocycles. The molecule has 5 nitrogen and oxygen atoms in total. The SMILES string of the molecule is Cc1cc(C(=O)N2CCC(C(=O)O)C2)c(C)n1C(C)C. The molecule has 1 aromatic rings. The largest absolute Gasteiger partial charge is 0.481 e. The zero-order chi connectivity index (χ0) is 15.0. The Morgan fingerprint density at radius 1 is 1.35 bits per heavy atom. The lowest BCUT2D eigenvalue weighted by Crippen LogP contribution is -2.30. The molecule has 0 spiro atoms. The van der Waals surface area contributed by atoms with Crippen LogP contribution in [0.5, 0.6) is 0 Å². The number of aromatic nitrogens is 1. The van der Waals surface area contributed by atoms with Crippen molar-refractivity contribution in [3.05, 3.63) is 23.0 Å². The van der Waals surface area contributed by atoms with Gasteiger partial charge in [-0.15, -0.1) is 0 Å². The lowest BCUT2D eigenvalue weighted by Gasteiger charge is -2.17. The first kappa shape index (κ1) is 14.6. The number of hydrogen-bond acceptors (Lipinski definition) is 2. The molecule has 1 aromatic heterocycles. The van der Waals surface area contributed by atoms with Crippen LogP contribution < -0.4 is 0 Å². The number of carboxylic acids is 1. The van der Waals surface area contributed by atoms with Crippen LogP contribution in [0.1, 0.15) is 48.1 Å². The van der Waals surface area contributed by atoms with Crippen LogP contribution in [0.3, 0.4) is 0 Å². The van der Waals surface area contributed by atoms with Crippen LogP contribution >= 0.6 is 0 Å². The van der Waals surface area contributed by atoms with E-state index < -0.39 is 11.9 Å². The van der Waals surface area contributed by atoms with Crippen LogP contribution in [0.4, 0.5) is 0 Å². The number of likely N-dealkylation sites (tertiary alicyclic amines) is 1. The van der Waals surface area contributed by atoms with E-state index in [1.807, 2.05) is 19.9 Å². The van der Waals surface area contributed by atoms with E-state index in [2.05, 4.69) is 18.4 Å². The smallest absolute Gasteiger partial charge is 0.308 e. The van der Waals surface area contributed by atoms with Crippen LogP contribution in [0, 0.1) is 19.8 Å². The summed E-state index contributed by atoms with van der Waals surface area (Å²) >= 11 is 0. The maximum Gasteiger partial charge on any atom is 0.308 e. The van der Waals surface area contributed by atoms with Crippen LogP contribution in [0.25, 0.3) is 0 Å². The molecule has 110 valence electrons. The van der Waals surface area contributed by atoms with E-state index in [-0.39, 0.29) is 5.91 Å². The highest BCUT2D eigenvalue weighted by Gasteiger charge is 2.32. The Labute approximate surface area is 119 Å². The van der Waals surface area contributed by atoms with Crippen LogP contribution in [0.15, 0.2) is 6.07 Å². The molecule has 1 amide bonds. The summed E-state index contributed by atoms with van der Waals surface area (Å²) in [5, 5.41) is 9.02. The predicted octanol–water partition coefficient (Wildman–Crippen LogP) is 2.23. The van der Waals surface area contributed by atoms with Gasteiger partial charge in [-0.25, -0.2) is 0 Å². The zero-order valence-corrected chi connectivity index (χ0v) is 12.5. The number of carboxylic acid groups (broad SMARTS) is 1. The third-order valence-corrected chi connectivity index (χ3v) is 4.06. The highest BCUT2D eigenvalue weighted by atomic mass is 16.4. The Morgan fingerprint density at radius 2 is 2.00 bits per heavy atom. The van der Waals surface area contributed by atoms with Crippen molar-refractivity contribution in [1.29, 1.82) is 0 Å². The van der Waals surface area contributed by atoms with Gasteiger partial charge in [0.05, 0.1) is 11.5 Å². The molecule has 1 fully saturated rings. The second-order valence-corrected chi connectivity index (χ2v) is 5.82. The fourth-order valence-electron chi connectivity index (χ4n) is 3.10. The molecule has 20 heavy (non-hydrogen) atoms. The van der Waals surface area contributed by atoms with Crippen molar-refractivity contribution in [2.75, 3.05) is 13.1 Å². The van der Waals surface area contributed by atoms with Gasteiger partial charge in [-0.3, -0.25) is 9.59 Å². The minimum Gasteiger partial charge on any atom is -0.481 e. The number of carbonyl (C=O) groups is 2. The summed E-state index contributed by atoms with van der Waals surface area (Å²) in [5.74, 6) is -1.28. The molecule has 1 atom stereocenters. The molecular formula is C15H22N2O3. The van der Waals surface area contributed by atoms with Gasteiger partial charge in [-0.1, -0.05) is 0 Å². The number of amides is 1. The monoisotopic (exact) mass is 278 g/mol. The number of aliphatic carboxylic acids is 1. The third-order valence-electron chi connectivity index (χ3n) is 4.06. The molecule has 1 saturated heterocycles. The van der Waals surface area contributed by atoms with Crippen molar-refractivity contribution >= 4 is 11.9 Å². The normalized spacial score (nSPS) is 18.9. The Balaban J connectivity index is 2.23. The highest BCUT2D eigenvalue weighted by Crippen LogP contribution is 2.24. The van der Waals surface area contributed by atoms with Crippen molar-refractivity contribution < 1.29 is 14.7 Å². The summed E-state index contributed by atoms with van der Waals surface area (Å²) in [6.45, 7) is 8.97. The molecule has 0 radical (unpaired) electrons. The molecule has 1 unspecified atom stereocenters. The Bertz CT molecular complexity index is 546. The van der Waals surface area contributed by atoms with Gasteiger partial charge in [-0.05, 0) is 40.2 Å². The van der Waals surface area contributed by atoms with E-state index in [4.69, 9.17) is 5.11 Å². The minimum atomic E-state index is -0.812. The first-order chi connectivity index (χ1) is 9.32. The van der Waals surface area contributed by atoms with Gasteiger partial charge in [0, 0.05) is 30.5 Å². The fraction of sp³-hybridized carbons (Fsp3) is 0.600. The molecule has 2 rings (SSSR count). The molecule has 2 heterocycles. The van der Waals surface area contributed by atoms with Crippen molar-refractivity contribution in [2.45, 2.75) is 40.2 Å². The number of aryl methyl sites for hydroxylation is 1. The van der Waals surface area contributed by atoms with Gasteiger partial charge in [0.25, 0.3) is 5.91 Å². The number of rotatable bonds is 3. The highest BCUT2D eigenvalue weighted by molar-refractivity contribution is 5.96. The maximum absolute atomic E-state index is 12.5. The van der Waals surface area contributed by atoms with Gasteiger partial charge < -0.3 is 14.6 Å². The summed E-state index contributed by atoms with van der Waals surface area (Å²) in [4.78, 5) is 25.2. The first-order valence-electron chi connectivity index (χ1n) is 7.03. The average molecular weight is 278 g/mol. The lowest BCUT2D eigenvalue weighted by atomic mass is 10.1. The molecule has 0 bridgehead atoms. The van der Waals surface area contributed by atoms with Crippen LogP contribution in [0.2, 0.25) is 0 Å². The topological polar surface area (TPSA) is 62.5 Å². The second kappa shape index (κ2) is 5.31. The van der Waals surface area contributed by atoms with Gasteiger partial charge in [0.2, 0.25) is 0 Å². The van der Waals surface area contributed by atoms with Crippen molar-refractivity contribution in [3.63, 3.8) is 0 Å². The number of nitrogens with zero attached hydrogens (tertiary/aromatic N) is 2. The Morgan fingerprint density at radius 3 is 2.45 bits per heavy atom. The molecule has 1 aliphatic rings. The predicted molar refractivity (Wildman–Crippen MR) is 75.9 cm³/mol. The Kier molecular flexibility index (Phi) is 3.88. The molecule has 0 aromatic carbocycles. The van der Waals surface area contributed by atoms with Crippen LogP contribution in [-0.4, -0.2) is 39.5 Å². The lowest BCUT2D eigenvalue weighted by molar-refractivity contribution is -0.141. The van der Waals surface area contributed by atoms with E-state index in [9.17, 15) is 9.59 Å². The van der Waals surface area contributed by atoms with E-state index in [1.54, 1.807) is 4.90 Å². The van der Waals surface area contributed by atoms with Gasteiger partial charge in [0.15, 0.2) is 0 Å². The first-order valence-corrected chi connectivity index (χ1v) is 7.03. The molecule has 1 aliphatic heterocycles. The van der Waals surface area contributed by atoms with Crippen molar-refractivity contribution in [2.24, 2.45) is 5.92 Å². The van der Waals surface area contributed by atoms with Gasteiger partial charge in [-0.2, -0.15) is 0 Å². The molecular weight excluding hydrogens is 256 g/mol. The molecule has 0 aliphatic carbocycles. The third kappa shape index (κ3) is 2.44. The number of hydrogen-bond donors (Lipinski definition) is 1. The summed E-state index contributed by atoms with van der Waals surface area (Å²) in [7, 11) is 0. The van der Waals surface area contributed by atoms with Crippen molar-refractivity contribution in [1.82, 2.24) is 9.47 Å². The maximum atomic E-state index is 12.5. The summed E-state index contributed by atoms with van der Waals surface area (Å²) in [6, 6.07) is 2.22. The zero-order valence-electron chi connectivity index (χ0n) is 12.5. The summed E-state index contributed by atoms with van der Waals surface area (Å²) < 4.78 is 2.14. The van der Waals surface area contributed by atoms with Gasteiger partial charge >= 0.3 is 5.97 Å².